The van der Waals surface area contributed by atoms with Crippen LogP contribution in [0, 0.1) is 5.82 Å². The van der Waals surface area contributed by atoms with Crippen molar-refractivity contribution in [3.05, 3.63) is 71.0 Å². The summed E-state index contributed by atoms with van der Waals surface area (Å²) in [6.07, 6.45) is 2.03. The van der Waals surface area contributed by atoms with E-state index in [4.69, 9.17) is 0 Å². The number of halogens is 1. The van der Waals surface area contributed by atoms with Crippen molar-refractivity contribution in [2.24, 2.45) is 0 Å². The first kappa shape index (κ1) is 16.9. The predicted octanol–water partition coefficient (Wildman–Crippen LogP) is 3.75. The van der Waals surface area contributed by atoms with E-state index in [2.05, 4.69) is 4.74 Å². The molecule has 0 unspecified atom stereocenters. The maximum absolute atomic E-state index is 13.1. The van der Waals surface area contributed by atoms with Crippen LogP contribution in [0.2, 0.25) is 0 Å². The molecule has 4 heteroatoms. The molecule has 120 valence electrons. The van der Waals surface area contributed by atoms with Crippen molar-refractivity contribution in [1.82, 2.24) is 0 Å². The first-order valence-corrected chi connectivity index (χ1v) is 7.52. The number of carbonyl (C=O) groups is 2. The Labute approximate surface area is 135 Å². The number of benzene rings is 2. The number of esters is 1. The van der Waals surface area contributed by atoms with E-state index in [-0.39, 0.29) is 24.0 Å². The highest BCUT2D eigenvalue weighted by atomic mass is 19.1. The van der Waals surface area contributed by atoms with Gasteiger partial charge in [0.25, 0.3) is 0 Å². The van der Waals surface area contributed by atoms with Crippen molar-refractivity contribution in [2.75, 3.05) is 7.11 Å². The summed E-state index contributed by atoms with van der Waals surface area (Å²) in [4.78, 5) is 23.2. The van der Waals surface area contributed by atoms with Gasteiger partial charge in [-0.15, -0.1) is 0 Å². The van der Waals surface area contributed by atoms with Crippen molar-refractivity contribution < 1.29 is 18.7 Å². The lowest BCUT2D eigenvalue weighted by atomic mass is 10.0. The Morgan fingerprint density at radius 2 is 1.78 bits per heavy atom. The third kappa shape index (κ3) is 5.33. The smallest absolute Gasteiger partial charge is 0.305 e. The summed E-state index contributed by atoms with van der Waals surface area (Å²) >= 11 is 0. The van der Waals surface area contributed by atoms with Gasteiger partial charge in [-0.1, -0.05) is 36.4 Å². The third-order valence-corrected chi connectivity index (χ3v) is 3.60. The van der Waals surface area contributed by atoms with Crippen LogP contribution >= 0.6 is 0 Å². The van der Waals surface area contributed by atoms with Crippen LogP contribution < -0.4 is 0 Å². The summed E-state index contributed by atoms with van der Waals surface area (Å²) in [7, 11) is 1.38. The number of carbonyl (C=O) groups excluding carboxylic acids is 2. The average Bonchev–Trinajstić information content (AvgIpc) is 2.55. The Balaban J connectivity index is 1.91. The van der Waals surface area contributed by atoms with Gasteiger partial charge in [-0.25, -0.2) is 4.39 Å². The van der Waals surface area contributed by atoms with E-state index >= 15 is 0 Å². The molecule has 2 aromatic rings. The van der Waals surface area contributed by atoms with Crippen molar-refractivity contribution in [1.29, 1.82) is 0 Å². The minimum absolute atomic E-state index is 0.0447. The van der Waals surface area contributed by atoms with E-state index in [9.17, 15) is 14.0 Å². The Kier molecular flexibility index (Phi) is 6.03. The lowest BCUT2D eigenvalue weighted by molar-refractivity contribution is -0.140. The molecule has 0 aliphatic carbocycles. The summed E-state index contributed by atoms with van der Waals surface area (Å²) in [6, 6.07) is 13.4. The summed E-state index contributed by atoms with van der Waals surface area (Å²) in [5, 5.41) is 0. The molecule has 0 N–H and O–H groups in total. The molecule has 0 atom stereocenters. The van der Waals surface area contributed by atoms with Gasteiger partial charge in [0.05, 0.1) is 7.11 Å². The zero-order valence-corrected chi connectivity index (χ0v) is 13.0. The lowest BCUT2D eigenvalue weighted by Crippen LogP contribution is -2.04. The lowest BCUT2D eigenvalue weighted by Gasteiger charge is -2.05. The fraction of sp³-hybridized carbons (Fsp3) is 0.263. The van der Waals surface area contributed by atoms with Gasteiger partial charge >= 0.3 is 5.97 Å². The highest BCUT2D eigenvalue weighted by molar-refractivity contribution is 5.97. The summed E-state index contributed by atoms with van der Waals surface area (Å²) in [6.45, 7) is 0. The quantitative estimate of drug-likeness (QED) is 0.577. The van der Waals surface area contributed by atoms with E-state index < -0.39 is 0 Å². The maximum Gasteiger partial charge on any atom is 0.305 e. The summed E-state index contributed by atoms with van der Waals surface area (Å²) < 4.78 is 17.7. The number of Topliss-reactive ketones (excluding diaryl/α,β-unsaturated/α-hetero) is 1. The van der Waals surface area contributed by atoms with E-state index in [1.807, 2.05) is 12.1 Å². The Bertz CT molecular complexity index is 677. The molecule has 0 aromatic heterocycles. The van der Waals surface area contributed by atoms with Crippen LogP contribution in [0.1, 0.15) is 34.3 Å². The van der Waals surface area contributed by atoms with E-state index in [1.165, 1.54) is 19.2 Å². The summed E-state index contributed by atoms with van der Waals surface area (Å²) in [5.74, 6) is -0.597. The molecule has 0 bridgehead atoms. The third-order valence-electron chi connectivity index (χ3n) is 3.60. The molecule has 0 aliphatic rings. The molecule has 0 fully saturated rings. The Morgan fingerprint density at radius 3 is 2.43 bits per heavy atom. The number of rotatable bonds is 7. The molecular weight excluding hydrogens is 295 g/mol. The number of ketones is 1. The van der Waals surface area contributed by atoms with Crippen LogP contribution in [0.5, 0.6) is 0 Å². The van der Waals surface area contributed by atoms with Crippen molar-refractivity contribution in [2.45, 2.75) is 25.7 Å². The monoisotopic (exact) mass is 314 g/mol. The van der Waals surface area contributed by atoms with Crippen molar-refractivity contribution in [3.8, 4) is 0 Å². The van der Waals surface area contributed by atoms with Crippen LogP contribution in [0.25, 0.3) is 0 Å². The van der Waals surface area contributed by atoms with Crippen molar-refractivity contribution >= 4 is 11.8 Å². The minimum atomic E-state index is -0.337. The van der Waals surface area contributed by atoms with Gasteiger partial charge in [0.1, 0.15) is 5.82 Å². The fourth-order valence-corrected chi connectivity index (χ4v) is 2.33. The van der Waals surface area contributed by atoms with Crippen LogP contribution in [-0.4, -0.2) is 18.9 Å². The minimum Gasteiger partial charge on any atom is -0.469 e. The zero-order valence-electron chi connectivity index (χ0n) is 13.0. The molecule has 0 heterocycles. The first-order chi connectivity index (χ1) is 11.1. The molecule has 0 saturated carbocycles. The Hall–Kier alpha value is -2.49. The zero-order chi connectivity index (χ0) is 16.7. The molecule has 0 spiro atoms. The number of hydrogen-bond donors (Lipinski definition) is 0. The van der Waals surface area contributed by atoms with Gasteiger partial charge < -0.3 is 4.74 Å². The van der Waals surface area contributed by atoms with Gasteiger partial charge in [0, 0.05) is 18.4 Å². The fourth-order valence-electron chi connectivity index (χ4n) is 2.33. The van der Waals surface area contributed by atoms with Gasteiger partial charge in [-0.2, -0.15) is 0 Å². The molecule has 0 amide bonds. The second-order valence-corrected chi connectivity index (χ2v) is 5.36. The first-order valence-electron chi connectivity index (χ1n) is 7.52. The van der Waals surface area contributed by atoms with E-state index in [1.54, 1.807) is 24.3 Å². The van der Waals surface area contributed by atoms with Gasteiger partial charge in [-0.3, -0.25) is 9.59 Å². The van der Waals surface area contributed by atoms with Crippen LogP contribution in [0.4, 0.5) is 4.39 Å². The number of hydrogen-bond acceptors (Lipinski definition) is 3. The van der Waals surface area contributed by atoms with Gasteiger partial charge in [-0.05, 0) is 36.1 Å². The van der Waals surface area contributed by atoms with E-state index in [0.29, 0.717) is 24.0 Å². The normalized spacial score (nSPS) is 10.3. The largest absolute Gasteiger partial charge is 0.469 e. The molecule has 0 radical (unpaired) electrons. The molecule has 2 rings (SSSR count). The number of methoxy groups -OCH3 is 1. The van der Waals surface area contributed by atoms with Gasteiger partial charge in [0.15, 0.2) is 5.78 Å². The SMILES string of the molecule is COC(=O)CCCc1ccc(C(=O)Cc2cccc(F)c2)cc1. The van der Waals surface area contributed by atoms with Crippen LogP contribution in [-0.2, 0) is 22.4 Å². The van der Waals surface area contributed by atoms with Crippen molar-refractivity contribution in [3.63, 3.8) is 0 Å². The number of ether oxygens (including phenoxy) is 1. The maximum atomic E-state index is 13.1. The van der Waals surface area contributed by atoms with Crippen LogP contribution in [0.15, 0.2) is 48.5 Å². The van der Waals surface area contributed by atoms with Gasteiger partial charge in [0.2, 0.25) is 0 Å². The molecule has 0 saturated heterocycles. The second-order valence-electron chi connectivity index (χ2n) is 5.36. The highest BCUT2D eigenvalue weighted by Crippen LogP contribution is 2.12. The molecule has 3 nitrogen and oxygen atoms in total. The molecular formula is C19H19FO3. The average molecular weight is 314 g/mol. The topological polar surface area (TPSA) is 43.4 Å². The number of aryl methyl sites for hydroxylation is 1. The highest BCUT2D eigenvalue weighted by Gasteiger charge is 2.08. The predicted molar refractivity (Wildman–Crippen MR) is 85.8 cm³/mol. The molecule has 0 aliphatic heterocycles. The Morgan fingerprint density at radius 1 is 1.04 bits per heavy atom. The molecule has 2 aromatic carbocycles. The standard InChI is InChI=1S/C19H19FO3/c1-23-19(22)7-3-4-14-8-10-16(11-9-14)18(21)13-15-5-2-6-17(20)12-15/h2,5-6,8-12H,3-4,7,13H2,1H3. The summed E-state index contributed by atoms with van der Waals surface area (Å²) in [5.41, 5.74) is 2.33. The molecule has 23 heavy (non-hydrogen) atoms. The van der Waals surface area contributed by atoms with E-state index in [0.717, 1.165) is 12.0 Å². The van der Waals surface area contributed by atoms with Crippen LogP contribution in [0.3, 0.4) is 0 Å². The second kappa shape index (κ2) is 8.22.